The summed E-state index contributed by atoms with van der Waals surface area (Å²) >= 11 is 5.38. The summed E-state index contributed by atoms with van der Waals surface area (Å²) in [5, 5.41) is 10.9. The lowest BCUT2D eigenvalue weighted by molar-refractivity contribution is 0.0356. The lowest BCUT2D eigenvalue weighted by Gasteiger charge is -2.45. The number of nitrogens with one attached hydrogen (secondary N) is 3. The van der Waals surface area contributed by atoms with Crippen molar-refractivity contribution in [2.75, 3.05) is 20.2 Å². The molecule has 1 aliphatic rings. The number of carbonyl (C=O) groups excluding carboxylic acids is 1. The number of primary amides is 1. The quantitative estimate of drug-likeness (QED) is 0.344. The average Bonchev–Trinajstić information content (AvgIpc) is 2.78. The summed E-state index contributed by atoms with van der Waals surface area (Å²) < 4.78 is 5.84. The highest BCUT2D eigenvalue weighted by Gasteiger charge is 2.42. The van der Waals surface area contributed by atoms with Gasteiger partial charge in [-0.1, -0.05) is 50.2 Å². The number of benzene rings is 2. The fourth-order valence-corrected chi connectivity index (χ4v) is 4.64. The Morgan fingerprint density at radius 2 is 1.91 bits per heavy atom. The van der Waals surface area contributed by atoms with Gasteiger partial charge in [0.2, 0.25) is 5.91 Å². The van der Waals surface area contributed by atoms with E-state index in [9.17, 15) is 4.79 Å². The molecule has 2 unspecified atom stereocenters. The van der Waals surface area contributed by atoms with Crippen LogP contribution in [-0.2, 0) is 23.1 Å². The summed E-state index contributed by atoms with van der Waals surface area (Å²) in [6, 6.07) is 16.1. The van der Waals surface area contributed by atoms with Crippen LogP contribution in [0.15, 0.2) is 48.5 Å². The molecule has 1 aliphatic carbocycles. The second kappa shape index (κ2) is 10.9. The Morgan fingerprint density at radius 3 is 2.59 bits per heavy atom. The second-order valence-electron chi connectivity index (χ2n) is 8.82. The van der Waals surface area contributed by atoms with Gasteiger partial charge in [-0.3, -0.25) is 4.79 Å². The summed E-state index contributed by atoms with van der Waals surface area (Å²) in [5.74, 6) is -0.398. The third-order valence-corrected chi connectivity index (χ3v) is 6.55. The minimum Gasteiger partial charge on any atom is -0.379 e. The zero-order valence-electron chi connectivity index (χ0n) is 19.1. The Bertz CT molecular complexity index is 933. The largest absolute Gasteiger partial charge is 0.379 e. The number of nitrogens with two attached hydrogens (primary N) is 1. The Kier molecular flexibility index (Phi) is 8.23. The number of hydrogen-bond acceptors (Lipinski definition) is 4. The van der Waals surface area contributed by atoms with E-state index in [4.69, 9.17) is 22.7 Å². The number of carbonyl (C=O) groups is 1. The van der Waals surface area contributed by atoms with Crippen molar-refractivity contribution < 1.29 is 9.53 Å². The van der Waals surface area contributed by atoms with Crippen molar-refractivity contribution >= 4 is 23.2 Å². The molecule has 172 valence electrons. The van der Waals surface area contributed by atoms with Gasteiger partial charge in [-0.25, -0.2) is 0 Å². The summed E-state index contributed by atoms with van der Waals surface area (Å²) in [6.45, 7) is 6.71. The van der Waals surface area contributed by atoms with Gasteiger partial charge in [-0.2, -0.15) is 0 Å². The molecule has 2 atom stereocenters. The molecule has 0 radical (unpaired) electrons. The average molecular weight is 455 g/mol. The van der Waals surface area contributed by atoms with Crippen molar-refractivity contribution in [2.45, 2.75) is 50.8 Å². The van der Waals surface area contributed by atoms with Gasteiger partial charge in [0.05, 0.1) is 6.10 Å². The van der Waals surface area contributed by atoms with Crippen molar-refractivity contribution in [3.8, 4) is 0 Å². The van der Waals surface area contributed by atoms with Crippen LogP contribution in [-0.4, -0.2) is 43.4 Å². The Morgan fingerprint density at radius 1 is 1.16 bits per heavy atom. The van der Waals surface area contributed by atoms with E-state index in [0.717, 1.165) is 31.5 Å². The second-order valence-corrected chi connectivity index (χ2v) is 9.22. The maximum atomic E-state index is 11.7. The van der Waals surface area contributed by atoms with Crippen LogP contribution >= 0.6 is 12.2 Å². The predicted octanol–water partition coefficient (Wildman–Crippen LogP) is 2.65. The van der Waals surface area contributed by atoms with Crippen LogP contribution in [0.2, 0.25) is 0 Å². The highest BCUT2D eigenvalue weighted by atomic mass is 32.1. The van der Waals surface area contributed by atoms with Crippen molar-refractivity contribution in [1.29, 1.82) is 0 Å². The molecule has 0 saturated heterocycles. The Balaban J connectivity index is 1.51. The zero-order valence-corrected chi connectivity index (χ0v) is 19.9. The van der Waals surface area contributed by atoms with E-state index < -0.39 is 5.91 Å². The fraction of sp³-hybridized carbons (Fsp3) is 0.440. The molecular weight excluding hydrogens is 420 g/mol. The molecule has 0 heterocycles. The molecule has 3 rings (SSSR count). The molecule has 0 aromatic heterocycles. The van der Waals surface area contributed by atoms with Gasteiger partial charge < -0.3 is 26.4 Å². The predicted molar refractivity (Wildman–Crippen MR) is 133 cm³/mol. The van der Waals surface area contributed by atoms with E-state index in [2.05, 4.69) is 41.9 Å². The molecule has 6 nitrogen and oxygen atoms in total. The zero-order chi connectivity index (χ0) is 23.1. The van der Waals surface area contributed by atoms with E-state index in [-0.39, 0.29) is 17.6 Å². The number of amides is 1. The van der Waals surface area contributed by atoms with Gasteiger partial charge in [0.15, 0.2) is 5.11 Å². The van der Waals surface area contributed by atoms with Gasteiger partial charge in [0.1, 0.15) is 0 Å². The van der Waals surface area contributed by atoms with Crippen LogP contribution in [0, 0.1) is 0 Å². The minimum absolute atomic E-state index is 0.0542. The molecule has 0 bridgehead atoms. The van der Waals surface area contributed by atoms with Gasteiger partial charge >= 0.3 is 0 Å². The molecule has 7 heteroatoms. The Hall–Kier alpha value is -2.48. The first-order valence-corrected chi connectivity index (χ1v) is 11.5. The maximum Gasteiger partial charge on any atom is 0.248 e. The van der Waals surface area contributed by atoms with E-state index in [1.54, 1.807) is 13.2 Å². The topological polar surface area (TPSA) is 88.4 Å². The van der Waals surface area contributed by atoms with Crippen molar-refractivity contribution in [3.63, 3.8) is 0 Å². The summed E-state index contributed by atoms with van der Waals surface area (Å²) in [6.07, 6.45) is 1.78. The molecule has 0 spiro atoms. The number of ether oxygens (including phenoxy) is 1. The molecule has 0 fully saturated rings. The molecule has 32 heavy (non-hydrogen) atoms. The van der Waals surface area contributed by atoms with Gasteiger partial charge in [0.25, 0.3) is 0 Å². The van der Waals surface area contributed by atoms with Gasteiger partial charge in [-0.15, -0.1) is 0 Å². The SMILES string of the molecule is COC1Cc2ccc(C(N)=O)cc2C(C)(C)C1NCCCNC(=S)NCc1ccccc1. The van der Waals surface area contributed by atoms with Crippen LogP contribution in [0.1, 0.15) is 47.3 Å². The van der Waals surface area contributed by atoms with Crippen LogP contribution in [0.25, 0.3) is 0 Å². The lowest BCUT2D eigenvalue weighted by atomic mass is 9.67. The fourth-order valence-electron chi connectivity index (χ4n) is 4.47. The van der Waals surface area contributed by atoms with E-state index in [1.807, 2.05) is 30.3 Å². The summed E-state index contributed by atoms with van der Waals surface area (Å²) in [5.41, 5.74) is 9.42. The molecule has 2 aromatic rings. The van der Waals surface area contributed by atoms with Crippen LogP contribution in [0.3, 0.4) is 0 Å². The molecule has 0 aliphatic heterocycles. The van der Waals surface area contributed by atoms with Gasteiger partial charge in [0, 0.05) is 43.6 Å². The van der Waals surface area contributed by atoms with E-state index in [0.29, 0.717) is 17.2 Å². The maximum absolute atomic E-state index is 11.7. The van der Waals surface area contributed by atoms with Crippen LogP contribution in [0.4, 0.5) is 0 Å². The number of thiocarbonyl (C=S) groups is 1. The standard InChI is InChI=1S/C25H34N4O2S/c1-25(2)20-14-19(23(26)30)11-10-18(20)15-21(31-3)22(25)27-12-7-13-28-24(32)29-16-17-8-5-4-6-9-17/h4-6,8-11,14,21-22,27H,7,12-13,15-16H2,1-3H3,(H2,26,30)(H2,28,29,32). The first-order chi connectivity index (χ1) is 15.3. The minimum atomic E-state index is -0.398. The van der Waals surface area contributed by atoms with Crippen molar-refractivity contribution in [3.05, 3.63) is 70.8 Å². The smallest absolute Gasteiger partial charge is 0.248 e. The lowest BCUT2D eigenvalue weighted by Crippen LogP contribution is -2.57. The normalized spacial score (nSPS) is 19.1. The molecule has 0 saturated carbocycles. The number of fused-ring (bicyclic) bond motifs is 1. The number of methoxy groups -OCH3 is 1. The first kappa shape index (κ1) is 24.2. The monoisotopic (exact) mass is 454 g/mol. The third-order valence-electron chi connectivity index (χ3n) is 6.26. The highest BCUT2D eigenvalue weighted by molar-refractivity contribution is 7.80. The van der Waals surface area contributed by atoms with Crippen LogP contribution in [0.5, 0.6) is 0 Å². The highest BCUT2D eigenvalue weighted by Crippen LogP contribution is 2.38. The van der Waals surface area contributed by atoms with Crippen molar-refractivity contribution in [1.82, 2.24) is 16.0 Å². The molecule has 2 aromatic carbocycles. The van der Waals surface area contributed by atoms with Crippen molar-refractivity contribution in [2.24, 2.45) is 5.73 Å². The van der Waals surface area contributed by atoms with Crippen LogP contribution < -0.4 is 21.7 Å². The Labute approximate surface area is 196 Å². The summed E-state index contributed by atoms with van der Waals surface area (Å²) in [4.78, 5) is 11.7. The first-order valence-electron chi connectivity index (χ1n) is 11.1. The third kappa shape index (κ3) is 5.85. The molecule has 1 amide bonds. The molecular formula is C25H34N4O2S. The number of hydrogen-bond donors (Lipinski definition) is 4. The van der Waals surface area contributed by atoms with Gasteiger partial charge in [-0.05, 0) is 54.0 Å². The summed E-state index contributed by atoms with van der Waals surface area (Å²) in [7, 11) is 1.76. The molecule has 5 N–H and O–H groups in total. The van der Waals surface area contributed by atoms with E-state index >= 15 is 0 Å². The van der Waals surface area contributed by atoms with E-state index in [1.165, 1.54) is 11.1 Å². The number of rotatable bonds is 9.